The zero-order valence-electron chi connectivity index (χ0n) is 14.4. The molecular weight excluding hydrogens is 392 g/mol. The van der Waals surface area contributed by atoms with Crippen molar-refractivity contribution in [2.75, 3.05) is 5.32 Å². The van der Waals surface area contributed by atoms with Crippen LogP contribution in [0.2, 0.25) is 0 Å². The predicted molar refractivity (Wildman–Crippen MR) is 94.9 cm³/mol. The van der Waals surface area contributed by atoms with Crippen LogP contribution in [0.15, 0.2) is 57.9 Å². The maximum absolute atomic E-state index is 12.9. The lowest BCUT2D eigenvalue weighted by Crippen LogP contribution is -2.12. The van der Waals surface area contributed by atoms with Crippen molar-refractivity contribution in [2.45, 2.75) is 23.5 Å². The lowest BCUT2D eigenvalue weighted by molar-refractivity contribution is -0.116. The highest BCUT2D eigenvalue weighted by Crippen LogP contribution is 2.16. The molecule has 1 aromatic heterocycles. The predicted octanol–water partition coefficient (Wildman–Crippen LogP) is 2.89. The molecule has 0 radical (unpaired) electrons. The van der Waals surface area contributed by atoms with Crippen LogP contribution in [0.3, 0.4) is 0 Å². The molecule has 0 aliphatic heterocycles. The van der Waals surface area contributed by atoms with Crippen LogP contribution in [0.25, 0.3) is 0 Å². The van der Waals surface area contributed by atoms with Crippen molar-refractivity contribution < 1.29 is 26.5 Å². The average Bonchev–Trinajstić information content (AvgIpc) is 3.09. The number of aryl methyl sites for hydroxylation is 1. The second-order valence-electron chi connectivity index (χ2n) is 5.87. The largest absolute Gasteiger partial charge is 0.339 e. The van der Waals surface area contributed by atoms with E-state index in [1.807, 2.05) is 0 Å². The van der Waals surface area contributed by atoms with E-state index in [2.05, 4.69) is 15.5 Å². The van der Waals surface area contributed by atoms with Crippen molar-refractivity contribution in [1.82, 2.24) is 10.1 Å². The van der Waals surface area contributed by atoms with Crippen molar-refractivity contribution in [1.29, 1.82) is 0 Å². The smallest absolute Gasteiger partial charge is 0.227 e. The molecule has 0 aliphatic carbocycles. The number of carbonyl (C=O) groups is 1. The Morgan fingerprint density at radius 2 is 1.61 bits per heavy atom. The van der Waals surface area contributed by atoms with Gasteiger partial charge in [0, 0.05) is 18.5 Å². The Morgan fingerprint density at radius 3 is 2.25 bits per heavy atom. The number of benzene rings is 2. The average molecular weight is 407 g/mol. The molecule has 0 atom stereocenters. The Kier molecular flexibility index (Phi) is 5.78. The maximum Gasteiger partial charge on any atom is 0.227 e. The molecule has 0 unspecified atom stereocenters. The summed E-state index contributed by atoms with van der Waals surface area (Å²) in [5.41, 5.74) is 0.447. The number of nitrogens with zero attached hydrogens (tertiary/aromatic N) is 2. The van der Waals surface area contributed by atoms with Crippen LogP contribution in [0, 0.1) is 11.6 Å². The second-order valence-corrected chi connectivity index (χ2v) is 7.86. The lowest BCUT2D eigenvalue weighted by Gasteiger charge is -2.03. The number of amides is 1. The van der Waals surface area contributed by atoms with Gasteiger partial charge in [0.05, 0.1) is 4.90 Å². The van der Waals surface area contributed by atoms with E-state index in [9.17, 15) is 22.0 Å². The zero-order chi connectivity index (χ0) is 20.1. The van der Waals surface area contributed by atoms with Gasteiger partial charge >= 0.3 is 0 Å². The van der Waals surface area contributed by atoms with E-state index in [0.29, 0.717) is 5.69 Å². The van der Waals surface area contributed by atoms with E-state index in [1.54, 1.807) is 0 Å². The van der Waals surface area contributed by atoms with Crippen LogP contribution in [0.5, 0.6) is 0 Å². The number of hydrogen-bond acceptors (Lipinski definition) is 6. The minimum atomic E-state index is -3.75. The molecular formula is C18H15F2N3O4S. The van der Waals surface area contributed by atoms with Gasteiger partial charge in [-0.2, -0.15) is 4.98 Å². The topological polar surface area (TPSA) is 102 Å². The first-order chi connectivity index (χ1) is 13.3. The van der Waals surface area contributed by atoms with Gasteiger partial charge in [0.1, 0.15) is 17.4 Å². The molecule has 0 saturated carbocycles. The number of anilines is 1. The van der Waals surface area contributed by atoms with Crippen molar-refractivity contribution in [2.24, 2.45) is 0 Å². The molecule has 0 aliphatic rings. The SMILES string of the molecule is O=C(CCc1nc(CS(=O)(=O)c2ccc(F)cc2)no1)Nc1ccc(F)cc1. The number of nitrogens with one attached hydrogen (secondary N) is 1. The quantitative estimate of drug-likeness (QED) is 0.604. The Bertz CT molecular complexity index is 1060. The standard InChI is InChI=1S/C18H15F2N3O4S/c19-12-1-5-14(6-2-12)21-17(24)9-10-18-22-16(23-27-18)11-28(25,26)15-7-3-13(20)4-8-15/h1-8H,9-11H2,(H,21,24). The number of halogens is 2. The van der Waals surface area contributed by atoms with Crippen LogP contribution >= 0.6 is 0 Å². The van der Waals surface area contributed by atoms with Gasteiger partial charge < -0.3 is 9.84 Å². The van der Waals surface area contributed by atoms with Crippen molar-refractivity contribution in [3.8, 4) is 0 Å². The Labute approximate surface area is 159 Å². The molecule has 28 heavy (non-hydrogen) atoms. The maximum atomic E-state index is 12.9. The fraction of sp³-hybridized carbons (Fsp3) is 0.167. The summed E-state index contributed by atoms with van der Waals surface area (Å²) in [6.07, 6.45) is 0.125. The van der Waals surface area contributed by atoms with Gasteiger partial charge in [-0.15, -0.1) is 0 Å². The van der Waals surface area contributed by atoms with Crippen molar-refractivity contribution in [3.63, 3.8) is 0 Å². The molecule has 0 bridgehead atoms. The summed E-state index contributed by atoms with van der Waals surface area (Å²) in [4.78, 5) is 15.8. The third-order valence-corrected chi connectivity index (χ3v) is 5.32. The summed E-state index contributed by atoms with van der Waals surface area (Å²) in [6, 6.07) is 9.72. The number of sulfone groups is 1. The normalized spacial score (nSPS) is 11.4. The van der Waals surface area contributed by atoms with Gasteiger partial charge in [-0.25, -0.2) is 17.2 Å². The fourth-order valence-corrected chi connectivity index (χ4v) is 3.50. The summed E-state index contributed by atoms with van der Waals surface area (Å²) in [6.45, 7) is 0. The van der Waals surface area contributed by atoms with Crippen LogP contribution < -0.4 is 5.32 Å². The Hall–Kier alpha value is -3.14. The van der Waals surface area contributed by atoms with E-state index in [-0.39, 0.29) is 35.4 Å². The van der Waals surface area contributed by atoms with Crippen molar-refractivity contribution >= 4 is 21.4 Å². The van der Waals surface area contributed by atoms with Gasteiger partial charge in [-0.05, 0) is 48.5 Å². The summed E-state index contributed by atoms with van der Waals surface area (Å²) in [5, 5.41) is 6.19. The van der Waals surface area contributed by atoms with Gasteiger partial charge in [0.25, 0.3) is 0 Å². The summed E-state index contributed by atoms with van der Waals surface area (Å²) in [5.74, 6) is -1.75. The lowest BCUT2D eigenvalue weighted by atomic mass is 10.2. The monoisotopic (exact) mass is 407 g/mol. The van der Waals surface area contributed by atoms with E-state index in [0.717, 1.165) is 24.3 Å². The number of rotatable bonds is 7. The summed E-state index contributed by atoms with van der Waals surface area (Å²) < 4.78 is 55.3. The molecule has 1 N–H and O–H groups in total. The third-order valence-electron chi connectivity index (χ3n) is 3.70. The van der Waals surface area contributed by atoms with Crippen LogP contribution in [0.4, 0.5) is 14.5 Å². The van der Waals surface area contributed by atoms with Gasteiger partial charge in [-0.3, -0.25) is 4.79 Å². The molecule has 3 rings (SSSR count). The second kappa shape index (κ2) is 8.26. The van der Waals surface area contributed by atoms with Gasteiger partial charge in [0.2, 0.25) is 11.8 Å². The molecule has 10 heteroatoms. The molecule has 2 aromatic carbocycles. The van der Waals surface area contributed by atoms with Crippen LogP contribution in [0.1, 0.15) is 18.1 Å². The number of carbonyl (C=O) groups excluding carboxylic acids is 1. The summed E-state index contributed by atoms with van der Waals surface area (Å²) >= 11 is 0. The highest BCUT2D eigenvalue weighted by molar-refractivity contribution is 7.90. The van der Waals surface area contributed by atoms with E-state index in [4.69, 9.17) is 4.52 Å². The molecule has 3 aromatic rings. The molecule has 0 saturated heterocycles. The fourth-order valence-electron chi connectivity index (χ4n) is 2.32. The van der Waals surface area contributed by atoms with Gasteiger partial charge in [-0.1, -0.05) is 5.16 Å². The molecule has 7 nitrogen and oxygen atoms in total. The van der Waals surface area contributed by atoms with E-state index in [1.165, 1.54) is 24.3 Å². The Balaban J connectivity index is 1.55. The van der Waals surface area contributed by atoms with Crippen molar-refractivity contribution in [3.05, 3.63) is 71.9 Å². The van der Waals surface area contributed by atoms with E-state index < -0.39 is 27.2 Å². The Morgan fingerprint density at radius 1 is 1.00 bits per heavy atom. The zero-order valence-corrected chi connectivity index (χ0v) is 15.2. The minimum absolute atomic E-state index is 0.0176. The third kappa shape index (κ3) is 5.19. The molecule has 0 spiro atoms. The summed E-state index contributed by atoms with van der Waals surface area (Å²) in [7, 11) is -3.75. The van der Waals surface area contributed by atoms with Crippen LogP contribution in [-0.4, -0.2) is 24.5 Å². The molecule has 1 heterocycles. The molecule has 0 fully saturated rings. The van der Waals surface area contributed by atoms with E-state index >= 15 is 0 Å². The van der Waals surface area contributed by atoms with Crippen LogP contribution in [-0.2, 0) is 26.8 Å². The molecule has 146 valence electrons. The number of hydrogen-bond donors (Lipinski definition) is 1. The first-order valence-electron chi connectivity index (χ1n) is 8.17. The first-order valence-corrected chi connectivity index (χ1v) is 9.82. The molecule has 1 amide bonds. The first kappa shape index (κ1) is 19.6. The minimum Gasteiger partial charge on any atom is -0.339 e. The number of aromatic nitrogens is 2. The highest BCUT2D eigenvalue weighted by Gasteiger charge is 2.19. The van der Waals surface area contributed by atoms with Gasteiger partial charge in [0.15, 0.2) is 15.7 Å². The highest BCUT2D eigenvalue weighted by atomic mass is 32.2.